The van der Waals surface area contributed by atoms with Crippen LogP contribution in [0, 0.1) is 0 Å². The lowest BCUT2D eigenvalue weighted by Gasteiger charge is -2.24. The fraction of sp³-hybridized carbons (Fsp3) is 0.478. The summed E-state index contributed by atoms with van der Waals surface area (Å²) in [5.74, 6) is 0. The third kappa shape index (κ3) is 5.48. The fourth-order valence-corrected chi connectivity index (χ4v) is 4.05. The van der Waals surface area contributed by atoms with Crippen LogP contribution in [-0.2, 0) is 6.54 Å². The number of benzene rings is 1. The third-order valence-electron chi connectivity index (χ3n) is 5.56. The van der Waals surface area contributed by atoms with Crippen LogP contribution in [0.15, 0.2) is 42.7 Å². The van der Waals surface area contributed by atoms with Gasteiger partial charge in [-0.1, -0.05) is 12.1 Å². The molecule has 154 valence electrons. The van der Waals surface area contributed by atoms with E-state index in [1.54, 1.807) is 0 Å². The Morgan fingerprint density at radius 3 is 2.34 bits per heavy atom. The average Bonchev–Trinajstić information content (AvgIpc) is 2.76. The molecule has 3 N–H and O–H groups in total. The van der Waals surface area contributed by atoms with Crippen molar-refractivity contribution in [2.24, 2.45) is 0 Å². The quantitative estimate of drug-likeness (QED) is 0.581. The van der Waals surface area contributed by atoms with Gasteiger partial charge in [-0.2, -0.15) is 0 Å². The van der Waals surface area contributed by atoms with Gasteiger partial charge in [0.25, 0.3) is 0 Å². The fourth-order valence-electron chi connectivity index (χ4n) is 4.05. The van der Waals surface area contributed by atoms with Crippen molar-refractivity contribution in [3.05, 3.63) is 48.3 Å². The highest BCUT2D eigenvalue weighted by molar-refractivity contribution is 6.04. The van der Waals surface area contributed by atoms with Gasteiger partial charge in [-0.05, 0) is 62.8 Å². The van der Waals surface area contributed by atoms with Gasteiger partial charge in [0.2, 0.25) is 0 Å². The number of aromatic nitrogens is 2. The first kappa shape index (κ1) is 20.2. The van der Waals surface area contributed by atoms with Crippen LogP contribution in [0.1, 0.15) is 18.4 Å². The lowest BCUT2D eigenvalue weighted by atomic mass is 10.0. The Balaban J connectivity index is 1.53. The molecular formula is C23H32N6. The Labute approximate surface area is 173 Å². The van der Waals surface area contributed by atoms with E-state index in [4.69, 9.17) is 0 Å². The van der Waals surface area contributed by atoms with E-state index in [0.29, 0.717) is 0 Å². The van der Waals surface area contributed by atoms with Gasteiger partial charge < -0.3 is 16.0 Å². The van der Waals surface area contributed by atoms with Gasteiger partial charge in [0, 0.05) is 55.9 Å². The van der Waals surface area contributed by atoms with Gasteiger partial charge >= 0.3 is 0 Å². The minimum atomic E-state index is 0.941. The van der Waals surface area contributed by atoms with Crippen LogP contribution < -0.4 is 16.0 Å². The molecule has 2 aromatic heterocycles. The summed E-state index contributed by atoms with van der Waals surface area (Å²) < 4.78 is 0. The van der Waals surface area contributed by atoms with Crippen LogP contribution in [0.2, 0.25) is 0 Å². The van der Waals surface area contributed by atoms with Gasteiger partial charge in [0.15, 0.2) is 0 Å². The van der Waals surface area contributed by atoms with Crippen LogP contribution >= 0.6 is 0 Å². The van der Waals surface area contributed by atoms with Crippen LogP contribution in [0.3, 0.4) is 0 Å². The lowest BCUT2D eigenvalue weighted by Crippen LogP contribution is -2.36. The largest absolute Gasteiger partial charge is 0.315 e. The average molecular weight is 393 g/mol. The molecule has 0 saturated carbocycles. The Morgan fingerprint density at radius 1 is 0.759 bits per heavy atom. The maximum Gasteiger partial charge on any atom is 0.0967 e. The molecule has 0 atom stereocenters. The molecule has 0 aliphatic carbocycles. The number of rotatable bonds is 2. The zero-order valence-electron chi connectivity index (χ0n) is 17.2. The van der Waals surface area contributed by atoms with Gasteiger partial charge in [-0.3, -0.25) is 14.9 Å². The first-order valence-electron chi connectivity index (χ1n) is 10.9. The highest BCUT2D eigenvalue weighted by atomic mass is 15.1. The predicted molar refractivity (Wildman–Crippen MR) is 120 cm³/mol. The molecule has 1 aliphatic heterocycles. The van der Waals surface area contributed by atoms with Gasteiger partial charge in [-0.25, -0.2) is 0 Å². The van der Waals surface area contributed by atoms with Crippen molar-refractivity contribution < 1.29 is 0 Å². The molecule has 29 heavy (non-hydrogen) atoms. The van der Waals surface area contributed by atoms with Crippen molar-refractivity contribution in [1.82, 2.24) is 30.8 Å². The van der Waals surface area contributed by atoms with E-state index in [-0.39, 0.29) is 0 Å². The molecule has 1 saturated heterocycles. The van der Waals surface area contributed by atoms with Crippen LogP contribution in [0.25, 0.3) is 21.8 Å². The summed E-state index contributed by atoms with van der Waals surface area (Å²) in [4.78, 5) is 11.8. The summed E-state index contributed by atoms with van der Waals surface area (Å²) >= 11 is 0. The SMILES string of the molecule is c1cnc2c(c1)cc(CN1CCCNCCNCCCNCC1)c1cccnc12. The van der Waals surface area contributed by atoms with Crippen molar-refractivity contribution >= 4 is 21.8 Å². The zero-order chi connectivity index (χ0) is 19.7. The summed E-state index contributed by atoms with van der Waals surface area (Å²) in [5, 5.41) is 13.0. The highest BCUT2D eigenvalue weighted by Crippen LogP contribution is 2.26. The summed E-state index contributed by atoms with van der Waals surface area (Å²) in [7, 11) is 0. The molecule has 1 fully saturated rings. The van der Waals surface area contributed by atoms with Crippen molar-refractivity contribution in [3.63, 3.8) is 0 Å². The number of nitrogens with zero attached hydrogens (tertiary/aromatic N) is 3. The van der Waals surface area contributed by atoms with Crippen LogP contribution in [-0.4, -0.2) is 67.2 Å². The lowest BCUT2D eigenvalue weighted by molar-refractivity contribution is 0.261. The van der Waals surface area contributed by atoms with Gasteiger partial charge in [0.1, 0.15) is 0 Å². The molecule has 3 heterocycles. The number of fused-ring (bicyclic) bond motifs is 3. The maximum atomic E-state index is 4.66. The molecule has 0 amide bonds. The van der Waals surface area contributed by atoms with E-state index in [2.05, 4.69) is 49.0 Å². The van der Waals surface area contributed by atoms with Gasteiger partial charge in [-0.15, -0.1) is 0 Å². The Kier molecular flexibility index (Phi) is 7.37. The standard InChI is InChI=1S/C23H32N6/c1-5-19-17-20(21-6-2-11-28-23(21)22(19)27-10-1)18-29-15-4-9-25-13-12-24-7-3-8-26-14-16-29/h1-2,5-6,10-11,17,24-26H,3-4,7-9,12-16,18H2. The molecular weight excluding hydrogens is 360 g/mol. The normalized spacial score (nSPS) is 18.6. The second-order valence-electron chi connectivity index (χ2n) is 7.74. The molecule has 0 unspecified atom stereocenters. The number of hydrogen-bond acceptors (Lipinski definition) is 6. The van der Waals surface area contributed by atoms with E-state index in [1.165, 1.54) is 22.8 Å². The van der Waals surface area contributed by atoms with E-state index in [1.807, 2.05) is 24.5 Å². The molecule has 0 spiro atoms. The Hall–Kier alpha value is -2.12. The maximum absolute atomic E-state index is 4.66. The zero-order valence-corrected chi connectivity index (χ0v) is 17.2. The minimum Gasteiger partial charge on any atom is -0.315 e. The van der Waals surface area contributed by atoms with Crippen LogP contribution in [0.4, 0.5) is 0 Å². The summed E-state index contributed by atoms with van der Waals surface area (Å²) in [6.45, 7) is 9.43. The molecule has 1 aromatic carbocycles. The smallest absolute Gasteiger partial charge is 0.0967 e. The summed E-state index contributed by atoms with van der Waals surface area (Å²) in [6, 6.07) is 10.7. The third-order valence-corrected chi connectivity index (χ3v) is 5.56. The Morgan fingerprint density at radius 2 is 1.48 bits per heavy atom. The Bertz CT molecular complexity index is 898. The predicted octanol–water partition coefficient (Wildman–Crippen LogP) is 2.15. The highest BCUT2D eigenvalue weighted by Gasteiger charge is 2.12. The van der Waals surface area contributed by atoms with Gasteiger partial charge in [0.05, 0.1) is 11.0 Å². The monoisotopic (exact) mass is 392 g/mol. The number of nitrogens with one attached hydrogen (secondary N) is 3. The molecule has 4 rings (SSSR count). The van der Waals surface area contributed by atoms with Crippen LogP contribution in [0.5, 0.6) is 0 Å². The second-order valence-corrected chi connectivity index (χ2v) is 7.74. The van der Waals surface area contributed by atoms with E-state index >= 15 is 0 Å². The van der Waals surface area contributed by atoms with Crippen molar-refractivity contribution in [2.75, 3.05) is 52.4 Å². The molecule has 0 bridgehead atoms. The first-order chi connectivity index (χ1) is 14.4. The molecule has 3 aromatic rings. The molecule has 1 aliphatic rings. The number of hydrogen-bond donors (Lipinski definition) is 3. The van der Waals surface area contributed by atoms with E-state index in [0.717, 1.165) is 76.4 Å². The molecule has 6 nitrogen and oxygen atoms in total. The van der Waals surface area contributed by atoms with Crippen molar-refractivity contribution in [3.8, 4) is 0 Å². The van der Waals surface area contributed by atoms with E-state index in [9.17, 15) is 0 Å². The summed E-state index contributed by atoms with van der Waals surface area (Å²) in [6.07, 6.45) is 6.05. The van der Waals surface area contributed by atoms with Crippen molar-refractivity contribution in [1.29, 1.82) is 0 Å². The van der Waals surface area contributed by atoms with E-state index < -0.39 is 0 Å². The first-order valence-corrected chi connectivity index (χ1v) is 10.9. The molecule has 0 radical (unpaired) electrons. The number of pyridine rings is 2. The molecule has 6 heteroatoms. The topological polar surface area (TPSA) is 65.1 Å². The van der Waals surface area contributed by atoms with Crippen molar-refractivity contribution in [2.45, 2.75) is 19.4 Å². The minimum absolute atomic E-state index is 0.941. The summed E-state index contributed by atoms with van der Waals surface area (Å²) in [5.41, 5.74) is 3.34. The second kappa shape index (κ2) is 10.6.